The Hall–Kier alpha value is -2.67. The number of carbonyl (C=O) groups excluding carboxylic acids is 1. The number of nitrogens with zero attached hydrogens (tertiary/aromatic N) is 1. The number of ether oxygens (including phenoxy) is 1. The first-order valence-electron chi connectivity index (χ1n) is 6.45. The molecule has 7 heteroatoms. The normalized spacial score (nSPS) is 10.7. The number of hydrogen-bond donors (Lipinski definition) is 1. The number of rotatable bonds is 5. The minimum atomic E-state index is -0.524. The van der Waals surface area contributed by atoms with E-state index >= 15 is 0 Å². The van der Waals surface area contributed by atoms with E-state index in [4.69, 9.17) is 4.74 Å². The number of methoxy groups -OCH3 is 1. The molecule has 0 unspecified atom stereocenters. The van der Waals surface area contributed by atoms with Crippen LogP contribution in [0.4, 0.5) is 5.69 Å². The summed E-state index contributed by atoms with van der Waals surface area (Å²) < 4.78 is 5.61. The molecule has 2 rings (SSSR count). The molecule has 0 saturated heterocycles. The largest absolute Gasteiger partial charge is 0.504 e. The van der Waals surface area contributed by atoms with E-state index in [0.29, 0.717) is 15.6 Å². The number of non-ortho nitro benzene ring substituents is 1. The molecular formula is C16H12BrNO5. The molecule has 0 amide bonds. The van der Waals surface area contributed by atoms with Crippen molar-refractivity contribution < 1.29 is 19.6 Å². The highest BCUT2D eigenvalue weighted by Gasteiger charge is 2.09. The third kappa shape index (κ3) is 3.95. The Morgan fingerprint density at radius 1 is 1.30 bits per heavy atom. The Bertz CT molecular complexity index is 784. The number of allylic oxidation sites excluding steroid dienone is 1. The van der Waals surface area contributed by atoms with Gasteiger partial charge in [-0.25, -0.2) is 0 Å². The van der Waals surface area contributed by atoms with Gasteiger partial charge in [0.1, 0.15) is 0 Å². The molecule has 2 aromatic carbocycles. The van der Waals surface area contributed by atoms with E-state index in [1.54, 1.807) is 12.1 Å². The minimum absolute atomic E-state index is 0.0155. The topological polar surface area (TPSA) is 89.7 Å². The van der Waals surface area contributed by atoms with E-state index < -0.39 is 4.92 Å². The monoisotopic (exact) mass is 377 g/mol. The Kier molecular flexibility index (Phi) is 5.13. The fraction of sp³-hybridized carbons (Fsp3) is 0.0625. The maximum absolute atomic E-state index is 12.1. The lowest BCUT2D eigenvalue weighted by Gasteiger charge is -2.06. The van der Waals surface area contributed by atoms with Crippen LogP contribution >= 0.6 is 15.9 Å². The predicted molar refractivity (Wildman–Crippen MR) is 88.8 cm³/mol. The highest BCUT2D eigenvalue weighted by atomic mass is 79.9. The molecule has 0 heterocycles. The SMILES string of the molecule is COc1cc(/C=C/C(=O)c2ccc([N+](=O)[O-])cc2)c(Br)cc1O. The van der Waals surface area contributed by atoms with Crippen LogP contribution in [-0.2, 0) is 0 Å². The second-order valence-corrected chi connectivity index (χ2v) is 5.40. The van der Waals surface area contributed by atoms with Crippen molar-refractivity contribution in [2.45, 2.75) is 0 Å². The van der Waals surface area contributed by atoms with Crippen molar-refractivity contribution in [1.82, 2.24) is 0 Å². The van der Waals surface area contributed by atoms with Gasteiger partial charge in [0.2, 0.25) is 0 Å². The van der Waals surface area contributed by atoms with Crippen LogP contribution < -0.4 is 4.74 Å². The van der Waals surface area contributed by atoms with E-state index in [1.165, 1.54) is 43.5 Å². The summed E-state index contributed by atoms with van der Waals surface area (Å²) in [5.74, 6) is -0.0207. The van der Waals surface area contributed by atoms with Gasteiger partial charge in [-0.05, 0) is 42.0 Å². The third-order valence-corrected chi connectivity index (χ3v) is 3.76. The first-order valence-corrected chi connectivity index (χ1v) is 7.25. The van der Waals surface area contributed by atoms with E-state index in [9.17, 15) is 20.0 Å². The standard InChI is InChI=1S/C16H12BrNO5/c1-23-16-8-11(13(17)9-15(16)20)4-7-14(19)10-2-5-12(6-3-10)18(21)22/h2-9,20H,1H3/b7-4+. The number of aromatic hydroxyl groups is 1. The zero-order valence-electron chi connectivity index (χ0n) is 12.0. The fourth-order valence-corrected chi connectivity index (χ4v) is 2.32. The van der Waals surface area contributed by atoms with Gasteiger partial charge in [0.25, 0.3) is 5.69 Å². The van der Waals surface area contributed by atoms with Gasteiger partial charge in [-0.3, -0.25) is 14.9 Å². The molecular weight excluding hydrogens is 366 g/mol. The van der Waals surface area contributed by atoms with Crippen LogP contribution in [0.25, 0.3) is 6.08 Å². The number of ketones is 1. The van der Waals surface area contributed by atoms with Crippen LogP contribution in [0.15, 0.2) is 46.9 Å². The van der Waals surface area contributed by atoms with Crippen LogP contribution in [0.2, 0.25) is 0 Å². The molecule has 0 aliphatic heterocycles. The van der Waals surface area contributed by atoms with Crippen molar-refractivity contribution >= 4 is 33.5 Å². The Balaban J connectivity index is 2.22. The lowest BCUT2D eigenvalue weighted by Crippen LogP contribution is -1.95. The van der Waals surface area contributed by atoms with Gasteiger partial charge in [0, 0.05) is 22.2 Å². The molecule has 0 radical (unpaired) electrons. The van der Waals surface area contributed by atoms with Gasteiger partial charge in [-0.2, -0.15) is 0 Å². The van der Waals surface area contributed by atoms with E-state index in [-0.39, 0.29) is 23.0 Å². The summed E-state index contributed by atoms with van der Waals surface area (Å²) in [6, 6.07) is 8.41. The Labute approximate surface area is 140 Å². The van der Waals surface area contributed by atoms with Crippen molar-refractivity contribution in [3.05, 3.63) is 68.2 Å². The molecule has 0 aromatic heterocycles. The fourth-order valence-electron chi connectivity index (χ4n) is 1.86. The quantitative estimate of drug-likeness (QED) is 0.368. The van der Waals surface area contributed by atoms with Gasteiger partial charge < -0.3 is 9.84 Å². The second kappa shape index (κ2) is 7.06. The molecule has 2 aromatic rings. The predicted octanol–water partition coefficient (Wildman–Crippen LogP) is 3.97. The highest BCUT2D eigenvalue weighted by molar-refractivity contribution is 9.10. The number of halogens is 1. The lowest BCUT2D eigenvalue weighted by atomic mass is 10.1. The van der Waals surface area contributed by atoms with E-state index in [0.717, 1.165) is 0 Å². The summed E-state index contributed by atoms with van der Waals surface area (Å²) in [7, 11) is 1.43. The van der Waals surface area contributed by atoms with Crippen molar-refractivity contribution in [3.63, 3.8) is 0 Å². The molecule has 0 atom stereocenters. The first kappa shape index (κ1) is 16.7. The number of carbonyl (C=O) groups is 1. The van der Waals surface area contributed by atoms with Crippen molar-refractivity contribution in [2.24, 2.45) is 0 Å². The molecule has 0 aliphatic rings. The van der Waals surface area contributed by atoms with Crippen LogP contribution in [-0.4, -0.2) is 22.9 Å². The van der Waals surface area contributed by atoms with Crippen LogP contribution in [0.1, 0.15) is 15.9 Å². The summed E-state index contributed by atoms with van der Waals surface area (Å²) in [6.45, 7) is 0. The lowest BCUT2D eigenvalue weighted by molar-refractivity contribution is -0.384. The molecule has 0 saturated carbocycles. The molecule has 6 nitrogen and oxygen atoms in total. The van der Waals surface area contributed by atoms with Crippen LogP contribution in [0.3, 0.4) is 0 Å². The molecule has 0 aliphatic carbocycles. The van der Waals surface area contributed by atoms with Gasteiger partial charge >= 0.3 is 0 Å². The maximum Gasteiger partial charge on any atom is 0.269 e. The Morgan fingerprint density at radius 3 is 2.52 bits per heavy atom. The zero-order valence-corrected chi connectivity index (χ0v) is 13.6. The first-order chi connectivity index (χ1) is 10.9. The molecule has 0 spiro atoms. The number of phenolic OH excluding ortho intramolecular Hbond substituents is 1. The zero-order chi connectivity index (χ0) is 17.0. The Morgan fingerprint density at radius 2 is 1.96 bits per heavy atom. The van der Waals surface area contributed by atoms with Gasteiger partial charge in [0.15, 0.2) is 17.3 Å². The van der Waals surface area contributed by atoms with Crippen LogP contribution in [0, 0.1) is 10.1 Å². The van der Waals surface area contributed by atoms with Gasteiger partial charge in [-0.1, -0.05) is 15.9 Å². The van der Waals surface area contributed by atoms with Crippen molar-refractivity contribution in [2.75, 3.05) is 7.11 Å². The summed E-state index contributed by atoms with van der Waals surface area (Å²) >= 11 is 3.29. The van der Waals surface area contributed by atoms with E-state index in [2.05, 4.69) is 15.9 Å². The number of nitro groups is 1. The summed E-state index contributed by atoms with van der Waals surface area (Å²) in [4.78, 5) is 22.1. The second-order valence-electron chi connectivity index (χ2n) is 4.55. The summed E-state index contributed by atoms with van der Waals surface area (Å²) in [5, 5.41) is 20.2. The molecule has 1 N–H and O–H groups in total. The minimum Gasteiger partial charge on any atom is -0.504 e. The van der Waals surface area contributed by atoms with Crippen molar-refractivity contribution in [1.29, 1.82) is 0 Å². The molecule has 0 fully saturated rings. The van der Waals surface area contributed by atoms with E-state index in [1.807, 2.05) is 0 Å². The maximum atomic E-state index is 12.1. The number of nitro benzene ring substituents is 1. The number of phenols is 1. The van der Waals surface area contributed by atoms with Gasteiger partial charge in [0.05, 0.1) is 12.0 Å². The van der Waals surface area contributed by atoms with Crippen LogP contribution in [0.5, 0.6) is 11.5 Å². The molecule has 23 heavy (non-hydrogen) atoms. The molecule has 118 valence electrons. The highest BCUT2D eigenvalue weighted by Crippen LogP contribution is 2.33. The number of benzene rings is 2. The summed E-state index contributed by atoms with van der Waals surface area (Å²) in [5.41, 5.74) is 0.917. The smallest absolute Gasteiger partial charge is 0.269 e. The van der Waals surface area contributed by atoms with Crippen molar-refractivity contribution in [3.8, 4) is 11.5 Å². The average molecular weight is 378 g/mol. The average Bonchev–Trinajstić information content (AvgIpc) is 2.54. The summed E-state index contributed by atoms with van der Waals surface area (Å²) in [6.07, 6.45) is 2.91. The third-order valence-electron chi connectivity index (χ3n) is 3.08. The number of hydrogen-bond acceptors (Lipinski definition) is 5. The molecule has 0 bridgehead atoms. The van der Waals surface area contributed by atoms with Gasteiger partial charge in [-0.15, -0.1) is 0 Å².